The molecule has 0 atom stereocenters. The second-order valence-electron chi connectivity index (χ2n) is 7.98. The minimum atomic E-state index is -4.05. The normalized spacial score (nSPS) is 11.4. The smallest absolute Gasteiger partial charge is 0.265 e. The third-order valence-electron chi connectivity index (χ3n) is 5.75. The quantitative estimate of drug-likeness (QED) is 0.338. The van der Waals surface area contributed by atoms with Crippen LogP contribution < -0.4 is 4.72 Å². The molecule has 1 heterocycles. The first-order valence-corrected chi connectivity index (χ1v) is 12.4. The Kier molecular flexibility index (Phi) is 7.35. The molecule has 5 rings (SSSR count). The molecule has 0 aliphatic heterocycles. The third kappa shape index (κ3) is 5.15. The molecule has 0 saturated carbocycles. The Morgan fingerprint density at radius 1 is 0.943 bits per heavy atom. The van der Waals surface area contributed by atoms with Crippen LogP contribution in [0.25, 0.3) is 21.8 Å². The molecule has 5 aromatic rings. The van der Waals surface area contributed by atoms with Crippen LogP contribution in [0, 0.1) is 6.92 Å². The second kappa shape index (κ2) is 10.1. The minimum Gasteiger partial charge on any atom is -0.324 e. The van der Waals surface area contributed by atoms with E-state index in [9.17, 15) is 13.2 Å². The van der Waals surface area contributed by atoms with Crippen molar-refractivity contribution in [2.24, 2.45) is 0 Å². The predicted octanol–water partition coefficient (Wildman–Crippen LogP) is 4.94. The van der Waals surface area contributed by atoms with Gasteiger partial charge in [0.05, 0.1) is 22.5 Å². The average molecular weight is 513 g/mol. The molecule has 0 spiro atoms. The predicted molar refractivity (Wildman–Crippen MR) is 139 cm³/mol. The number of aromatic nitrogens is 2. The summed E-state index contributed by atoms with van der Waals surface area (Å²) < 4.78 is 30.0. The molecule has 171 valence electrons. The van der Waals surface area contributed by atoms with Gasteiger partial charge in [-0.2, -0.15) is 0 Å². The van der Waals surface area contributed by atoms with E-state index in [4.69, 9.17) is 11.6 Å². The van der Waals surface area contributed by atoms with Crippen molar-refractivity contribution in [3.05, 3.63) is 107 Å². The molecule has 9 heteroatoms. The number of benzene rings is 4. The van der Waals surface area contributed by atoms with Crippen molar-refractivity contribution in [2.45, 2.75) is 18.4 Å². The zero-order valence-corrected chi connectivity index (χ0v) is 22.8. The molecule has 4 aromatic carbocycles. The molecule has 0 unspecified atom stereocenters. The van der Waals surface area contributed by atoms with Crippen molar-refractivity contribution >= 4 is 78.9 Å². The standard InChI is InChI=1S/C26H20ClN3O3S.Na/c1-17-28-24-13-11-20(15-25(24)30(17)16-21-8-4-5-9-23(21)27)26(31)29-34(32,33)22-12-10-18-6-2-3-7-19(18)14-22;/h2-15H,16H2,1H3,(H,29,31);. The van der Waals surface area contributed by atoms with Gasteiger partial charge in [-0.15, -0.1) is 0 Å². The van der Waals surface area contributed by atoms with Gasteiger partial charge in [-0.05, 0) is 59.7 Å². The van der Waals surface area contributed by atoms with Gasteiger partial charge in [0.15, 0.2) is 0 Å². The van der Waals surface area contributed by atoms with Crippen LogP contribution in [-0.4, -0.2) is 53.4 Å². The summed E-state index contributed by atoms with van der Waals surface area (Å²) >= 11 is 6.33. The van der Waals surface area contributed by atoms with E-state index < -0.39 is 15.9 Å². The first-order valence-electron chi connectivity index (χ1n) is 10.6. The zero-order chi connectivity index (χ0) is 23.9. The number of nitrogens with zero attached hydrogens (tertiary/aromatic N) is 2. The molecule has 0 bridgehead atoms. The van der Waals surface area contributed by atoms with Crippen molar-refractivity contribution in [1.29, 1.82) is 0 Å². The van der Waals surface area contributed by atoms with E-state index in [1.807, 2.05) is 60.0 Å². The summed E-state index contributed by atoms with van der Waals surface area (Å²) in [5, 5.41) is 2.33. The number of imidazole rings is 1. The average Bonchev–Trinajstić information content (AvgIpc) is 3.14. The van der Waals surface area contributed by atoms with Gasteiger partial charge in [0.2, 0.25) is 0 Å². The molecule has 1 aromatic heterocycles. The number of sulfonamides is 1. The van der Waals surface area contributed by atoms with Crippen LogP contribution in [0.15, 0.2) is 89.8 Å². The van der Waals surface area contributed by atoms with Gasteiger partial charge in [-0.25, -0.2) is 18.1 Å². The summed E-state index contributed by atoms with van der Waals surface area (Å²) in [5.41, 5.74) is 2.56. The van der Waals surface area contributed by atoms with Gasteiger partial charge in [-0.1, -0.05) is 60.1 Å². The Labute approximate surface area is 230 Å². The molecule has 0 saturated heterocycles. The van der Waals surface area contributed by atoms with Gasteiger partial charge in [0, 0.05) is 40.1 Å². The summed E-state index contributed by atoms with van der Waals surface area (Å²) in [5.74, 6) is 0.0504. The fourth-order valence-corrected chi connectivity index (χ4v) is 5.16. The maximum atomic E-state index is 12.9. The van der Waals surface area contributed by atoms with E-state index in [2.05, 4.69) is 9.71 Å². The van der Waals surface area contributed by atoms with Crippen LogP contribution in [0.1, 0.15) is 21.7 Å². The van der Waals surface area contributed by atoms with Crippen molar-refractivity contribution in [3.8, 4) is 0 Å². The van der Waals surface area contributed by atoms with E-state index >= 15 is 0 Å². The molecular formula is C26H20ClN3NaO3S. The summed E-state index contributed by atoms with van der Waals surface area (Å²) in [7, 11) is -4.05. The van der Waals surface area contributed by atoms with Crippen molar-refractivity contribution in [2.75, 3.05) is 0 Å². The fraction of sp³-hybridized carbons (Fsp3) is 0.0769. The number of aryl methyl sites for hydroxylation is 1. The summed E-state index contributed by atoms with van der Waals surface area (Å²) in [6.45, 7) is 2.35. The Morgan fingerprint density at radius 3 is 2.43 bits per heavy atom. The molecule has 0 aliphatic carbocycles. The Balaban J connectivity index is 0.00000289. The molecular weight excluding hydrogens is 493 g/mol. The summed E-state index contributed by atoms with van der Waals surface area (Å²) in [6, 6.07) is 24.7. The van der Waals surface area contributed by atoms with Gasteiger partial charge < -0.3 is 4.57 Å². The number of hydrogen-bond acceptors (Lipinski definition) is 4. The van der Waals surface area contributed by atoms with Crippen LogP contribution in [0.2, 0.25) is 5.02 Å². The number of hydrogen-bond donors (Lipinski definition) is 1. The number of carbonyl (C=O) groups is 1. The van der Waals surface area contributed by atoms with E-state index in [-0.39, 0.29) is 40.0 Å². The van der Waals surface area contributed by atoms with Crippen LogP contribution in [0.4, 0.5) is 0 Å². The Morgan fingerprint density at radius 2 is 1.66 bits per heavy atom. The number of carbonyl (C=O) groups excluding carboxylic acids is 1. The van der Waals surface area contributed by atoms with Crippen molar-refractivity contribution in [3.63, 3.8) is 0 Å². The number of rotatable bonds is 5. The van der Waals surface area contributed by atoms with Gasteiger partial charge in [0.25, 0.3) is 15.9 Å². The molecule has 1 radical (unpaired) electrons. The van der Waals surface area contributed by atoms with Crippen LogP contribution >= 0.6 is 11.6 Å². The topological polar surface area (TPSA) is 81.1 Å². The molecule has 0 fully saturated rings. The number of amides is 1. The molecule has 1 amide bonds. The Bertz CT molecular complexity index is 1680. The molecule has 6 nitrogen and oxygen atoms in total. The summed E-state index contributed by atoms with van der Waals surface area (Å²) in [4.78, 5) is 17.5. The van der Waals surface area contributed by atoms with E-state index in [1.165, 1.54) is 6.07 Å². The number of halogens is 1. The van der Waals surface area contributed by atoms with Crippen LogP contribution in [-0.2, 0) is 16.6 Å². The maximum absolute atomic E-state index is 12.9. The van der Waals surface area contributed by atoms with Crippen LogP contribution in [0.5, 0.6) is 0 Å². The van der Waals surface area contributed by atoms with Gasteiger partial charge >= 0.3 is 0 Å². The first-order chi connectivity index (χ1) is 16.3. The van der Waals surface area contributed by atoms with Crippen molar-refractivity contribution < 1.29 is 13.2 Å². The number of fused-ring (bicyclic) bond motifs is 2. The first kappa shape index (κ1) is 25.4. The van der Waals surface area contributed by atoms with E-state index in [1.54, 1.807) is 30.3 Å². The largest absolute Gasteiger partial charge is 0.324 e. The van der Waals surface area contributed by atoms with E-state index in [0.29, 0.717) is 22.6 Å². The summed E-state index contributed by atoms with van der Waals surface area (Å²) in [6.07, 6.45) is 0. The number of nitrogens with one attached hydrogen (secondary N) is 1. The second-order valence-corrected chi connectivity index (χ2v) is 10.1. The monoisotopic (exact) mass is 512 g/mol. The SMILES string of the molecule is Cc1nc2ccc(C(=O)NS(=O)(=O)c3ccc4ccccc4c3)cc2n1Cc1ccccc1Cl.[Na]. The molecule has 1 N–H and O–H groups in total. The van der Waals surface area contributed by atoms with Gasteiger partial charge in [-0.3, -0.25) is 4.79 Å². The van der Waals surface area contributed by atoms with Crippen LogP contribution in [0.3, 0.4) is 0 Å². The molecule has 35 heavy (non-hydrogen) atoms. The van der Waals surface area contributed by atoms with Crippen molar-refractivity contribution in [1.82, 2.24) is 14.3 Å². The minimum absolute atomic E-state index is 0. The maximum Gasteiger partial charge on any atom is 0.265 e. The van der Waals surface area contributed by atoms with Gasteiger partial charge in [0.1, 0.15) is 5.82 Å². The zero-order valence-electron chi connectivity index (χ0n) is 19.2. The van der Waals surface area contributed by atoms with E-state index in [0.717, 1.165) is 22.2 Å². The Hall–Kier alpha value is -2.68. The third-order valence-corrected chi connectivity index (χ3v) is 7.44. The fourth-order valence-electron chi connectivity index (χ4n) is 3.96. The molecule has 0 aliphatic rings.